The Bertz CT molecular complexity index is 1380. The highest BCUT2D eigenvalue weighted by molar-refractivity contribution is 7.80. The molecular formula is C29H25N3O2S. The predicted molar refractivity (Wildman–Crippen MR) is 148 cm³/mol. The number of thiocarbonyl (C=S) groups is 1. The van der Waals surface area contributed by atoms with E-state index in [1.54, 1.807) is 35.2 Å². The molecule has 0 saturated carbocycles. The van der Waals surface area contributed by atoms with E-state index in [2.05, 4.69) is 10.6 Å². The molecule has 35 heavy (non-hydrogen) atoms. The molecule has 0 aliphatic rings. The summed E-state index contributed by atoms with van der Waals surface area (Å²) >= 11 is 5.24. The first-order valence-corrected chi connectivity index (χ1v) is 11.7. The second-order valence-electron chi connectivity index (χ2n) is 7.81. The average Bonchev–Trinajstić information content (AvgIpc) is 2.89. The summed E-state index contributed by atoms with van der Waals surface area (Å²) in [5.41, 5.74) is 3.04. The zero-order chi connectivity index (χ0) is 24.6. The van der Waals surface area contributed by atoms with E-state index in [1.807, 2.05) is 79.7 Å². The fourth-order valence-electron chi connectivity index (χ4n) is 3.77. The molecule has 0 saturated heterocycles. The molecule has 0 bridgehead atoms. The van der Waals surface area contributed by atoms with Crippen LogP contribution in [0.2, 0.25) is 0 Å². The number of rotatable bonds is 6. The van der Waals surface area contributed by atoms with E-state index in [0.29, 0.717) is 17.8 Å². The normalized spacial score (nSPS) is 10.8. The van der Waals surface area contributed by atoms with Crippen LogP contribution in [-0.2, 0) is 4.79 Å². The number of hydrogen-bond donors (Lipinski definition) is 2. The van der Waals surface area contributed by atoms with Crippen molar-refractivity contribution in [2.75, 3.05) is 16.8 Å². The van der Waals surface area contributed by atoms with Gasteiger partial charge in [-0.2, -0.15) is 0 Å². The molecule has 0 aliphatic heterocycles. The number of carbonyl (C=O) groups is 2. The molecule has 0 radical (unpaired) electrons. The number of amides is 2. The quantitative estimate of drug-likeness (QED) is 0.262. The predicted octanol–water partition coefficient (Wildman–Crippen LogP) is 6.03. The van der Waals surface area contributed by atoms with Crippen LogP contribution in [0.5, 0.6) is 0 Å². The Morgan fingerprint density at radius 2 is 1.54 bits per heavy atom. The van der Waals surface area contributed by atoms with E-state index >= 15 is 0 Å². The van der Waals surface area contributed by atoms with E-state index in [-0.39, 0.29) is 16.9 Å². The van der Waals surface area contributed by atoms with Crippen molar-refractivity contribution in [1.82, 2.24) is 5.32 Å². The molecule has 5 nitrogen and oxygen atoms in total. The lowest BCUT2D eigenvalue weighted by atomic mass is 10.1. The second-order valence-corrected chi connectivity index (χ2v) is 8.22. The minimum Gasteiger partial charge on any atom is -0.332 e. The Morgan fingerprint density at radius 1 is 0.857 bits per heavy atom. The van der Waals surface area contributed by atoms with Gasteiger partial charge in [-0.05, 0) is 66.5 Å². The third kappa shape index (κ3) is 5.99. The largest absolute Gasteiger partial charge is 0.332 e. The Hall–Kier alpha value is -4.29. The summed E-state index contributed by atoms with van der Waals surface area (Å²) in [5.74, 6) is -0.413. The van der Waals surface area contributed by atoms with Crippen LogP contribution in [0.4, 0.5) is 11.4 Å². The van der Waals surface area contributed by atoms with Crippen LogP contribution >= 0.6 is 12.2 Å². The van der Waals surface area contributed by atoms with Crippen LogP contribution in [0, 0.1) is 0 Å². The molecule has 0 atom stereocenters. The van der Waals surface area contributed by atoms with E-state index < -0.39 is 0 Å². The molecule has 174 valence electrons. The van der Waals surface area contributed by atoms with Crippen molar-refractivity contribution in [3.8, 4) is 0 Å². The van der Waals surface area contributed by atoms with Gasteiger partial charge in [0.05, 0.1) is 5.69 Å². The summed E-state index contributed by atoms with van der Waals surface area (Å²) in [6.07, 6.45) is 3.14. The summed E-state index contributed by atoms with van der Waals surface area (Å²) in [4.78, 5) is 27.2. The van der Waals surface area contributed by atoms with Gasteiger partial charge in [0.1, 0.15) is 0 Å². The maximum absolute atomic E-state index is 13.3. The van der Waals surface area contributed by atoms with Crippen LogP contribution in [0.25, 0.3) is 16.8 Å². The summed E-state index contributed by atoms with van der Waals surface area (Å²) in [6.45, 7) is 2.50. The summed E-state index contributed by atoms with van der Waals surface area (Å²) in [5, 5.41) is 7.90. The molecule has 2 N–H and O–H groups in total. The summed E-state index contributed by atoms with van der Waals surface area (Å²) in [7, 11) is 0. The molecule has 6 heteroatoms. The first-order chi connectivity index (χ1) is 17.0. The first kappa shape index (κ1) is 23.9. The Kier molecular flexibility index (Phi) is 7.65. The number of anilines is 2. The highest BCUT2D eigenvalue weighted by Gasteiger charge is 2.18. The van der Waals surface area contributed by atoms with Crippen LogP contribution < -0.4 is 15.5 Å². The average molecular weight is 480 g/mol. The number of carbonyl (C=O) groups excluding carboxylic acids is 2. The lowest BCUT2D eigenvalue weighted by Crippen LogP contribution is -2.33. The van der Waals surface area contributed by atoms with Crippen molar-refractivity contribution >= 4 is 57.4 Å². The number of fused-ring (bicyclic) bond motifs is 1. The lowest BCUT2D eigenvalue weighted by Gasteiger charge is -2.23. The highest BCUT2D eigenvalue weighted by Crippen LogP contribution is 2.28. The van der Waals surface area contributed by atoms with Gasteiger partial charge in [-0.1, -0.05) is 66.7 Å². The monoisotopic (exact) mass is 479 g/mol. The lowest BCUT2D eigenvalue weighted by molar-refractivity contribution is -0.115. The Balaban J connectivity index is 1.40. The van der Waals surface area contributed by atoms with Crippen LogP contribution in [0.15, 0.2) is 103 Å². The highest BCUT2D eigenvalue weighted by atomic mass is 32.1. The minimum absolute atomic E-state index is 0.0858. The van der Waals surface area contributed by atoms with E-state index in [4.69, 9.17) is 12.2 Å². The molecule has 4 aromatic rings. The topological polar surface area (TPSA) is 61.4 Å². The molecule has 0 unspecified atom stereocenters. The van der Waals surface area contributed by atoms with Gasteiger partial charge >= 0.3 is 0 Å². The molecule has 4 rings (SSSR count). The maximum Gasteiger partial charge on any atom is 0.258 e. The number of nitrogens with one attached hydrogen (secondary N) is 2. The summed E-state index contributed by atoms with van der Waals surface area (Å²) in [6, 6.07) is 30.6. The van der Waals surface area contributed by atoms with Gasteiger partial charge in [0, 0.05) is 29.3 Å². The Labute approximate surface area is 210 Å². The molecule has 0 heterocycles. The third-order valence-electron chi connectivity index (χ3n) is 5.47. The maximum atomic E-state index is 13.3. The molecule has 0 aliphatic carbocycles. The minimum atomic E-state index is -0.327. The molecule has 0 fully saturated rings. The van der Waals surface area contributed by atoms with Gasteiger partial charge in [-0.3, -0.25) is 14.9 Å². The summed E-state index contributed by atoms with van der Waals surface area (Å²) < 4.78 is 0. The van der Waals surface area contributed by atoms with Gasteiger partial charge in [-0.25, -0.2) is 0 Å². The standard InChI is InChI=1S/C29H25N3O2S/c1-2-32(26-14-8-12-22-11-6-7-13-25(22)26)28(34)23-16-18-24(19-17-23)30-29(35)31-27(33)20-15-21-9-4-3-5-10-21/h3-20H,2H2,1H3,(H2,30,31,33,35). The van der Waals surface area contributed by atoms with Crippen molar-refractivity contribution in [2.45, 2.75) is 6.92 Å². The van der Waals surface area contributed by atoms with Crippen molar-refractivity contribution in [2.24, 2.45) is 0 Å². The van der Waals surface area contributed by atoms with Gasteiger partial charge in [-0.15, -0.1) is 0 Å². The number of nitrogens with zero attached hydrogens (tertiary/aromatic N) is 1. The van der Waals surface area contributed by atoms with Crippen LogP contribution in [-0.4, -0.2) is 23.5 Å². The molecule has 0 aromatic heterocycles. The van der Waals surface area contributed by atoms with E-state index in [0.717, 1.165) is 22.0 Å². The van der Waals surface area contributed by atoms with Crippen molar-refractivity contribution in [1.29, 1.82) is 0 Å². The zero-order valence-electron chi connectivity index (χ0n) is 19.3. The van der Waals surface area contributed by atoms with Crippen LogP contribution in [0.1, 0.15) is 22.8 Å². The van der Waals surface area contributed by atoms with E-state index in [9.17, 15) is 9.59 Å². The SMILES string of the molecule is CCN(C(=O)c1ccc(NC(=S)NC(=O)C=Cc2ccccc2)cc1)c1cccc2ccccc12. The zero-order valence-corrected chi connectivity index (χ0v) is 20.1. The number of hydrogen-bond acceptors (Lipinski definition) is 3. The molecule has 2 amide bonds. The van der Waals surface area contributed by atoms with Crippen molar-refractivity contribution in [3.63, 3.8) is 0 Å². The smallest absolute Gasteiger partial charge is 0.258 e. The molecule has 4 aromatic carbocycles. The van der Waals surface area contributed by atoms with Gasteiger partial charge < -0.3 is 10.2 Å². The van der Waals surface area contributed by atoms with Gasteiger partial charge in [0.15, 0.2) is 5.11 Å². The van der Waals surface area contributed by atoms with E-state index in [1.165, 1.54) is 6.08 Å². The van der Waals surface area contributed by atoms with Crippen LogP contribution in [0.3, 0.4) is 0 Å². The van der Waals surface area contributed by atoms with Crippen molar-refractivity contribution in [3.05, 3.63) is 114 Å². The third-order valence-corrected chi connectivity index (χ3v) is 5.68. The van der Waals surface area contributed by atoms with Gasteiger partial charge in [0.25, 0.3) is 5.91 Å². The molecular weight excluding hydrogens is 454 g/mol. The van der Waals surface area contributed by atoms with Gasteiger partial charge in [0.2, 0.25) is 5.91 Å². The van der Waals surface area contributed by atoms with Crippen molar-refractivity contribution < 1.29 is 9.59 Å². The number of benzene rings is 4. The fourth-order valence-corrected chi connectivity index (χ4v) is 3.99. The molecule has 0 spiro atoms. The first-order valence-electron chi connectivity index (χ1n) is 11.3. The Morgan fingerprint density at radius 3 is 2.29 bits per heavy atom. The second kappa shape index (κ2) is 11.2. The fraction of sp³-hybridized carbons (Fsp3) is 0.0690.